The number of carboxylic acids is 1. The molecule has 2 amide bonds. The number of carbonyl (C=O) groups is 2. The molecule has 5 heteroatoms. The van der Waals surface area contributed by atoms with E-state index in [1.165, 1.54) is 0 Å². The number of benzene rings is 1. The Hall–Kier alpha value is -2.04. The van der Waals surface area contributed by atoms with Crippen molar-refractivity contribution in [2.24, 2.45) is 5.41 Å². The number of rotatable bonds is 6. The van der Waals surface area contributed by atoms with Crippen molar-refractivity contribution < 1.29 is 14.7 Å². The van der Waals surface area contributed by atoms with Gasteiger partial charge >= 0.3 is 12.0 Å². The lowest BCUT2D eigenvalue weighted by atomic mass is 9.92. The molecular formula is C16H24N2O3. The summed E-state index contributed by atoms with van der Waals surface area (Å²) in [6, 6.07) is 7.87. The van der Waals surface area contributed by atoms with Crippen molar-refractivity contribution >= 4 is 12.0 Å². The first-order chi connectivity index (χ1) is 9.78. The van der Waals surface area contributed by atoms with E-state index in [2.05, 4.69) is 31.4 Å². The van der Waals surface area contributed by atoms with Gasteiger partial charge in [0.05, 0.1) is 0 Å². The normalized spacial score (nSPS) is 12.5. The van der Waals surface area contributed by atoms with Crippen molar-refractivity contribution in [2.45, 2.75) is 39.7 Å². The fourth-order valence-electron chi connectivity index (χ4n) is 1.81. The van der Waals surface area contributed by atoms with Gasteiger partial charge in [-0.15, -0.1) is 0 Å². The Morgan fingerprint density at radius 2 is 1.81 bits per heavy atom. The lowest BCUT2D eigenvalue weighted by molar-refractivity contribution is -0.139. The van der Waals surface area contributed by atoms with Gasteiger partial charge in [0, 0.05) is 13.0 Å². The zero-order valence-electron chi connectivity index (χ0n) is 12.8. The highest BCUT2D eigenvalue weighted by Crippen LogP contribution is 2.16. The zero-order valence-corrected chi connectivity index (χ0v) is 12.8. The van der Waals surface area contributed by atoms with Crippen LogP contribution < -0.4 is 10.6 Å². The summed E-state index contributed by atoms with van der Waals surface area (Å²) in [5.41, 5.74) is 1.00. The van der Waals surface area contributed by atoms with Crippen LogP contribution in [0.1, 0.15) is 32.8 Å². The monoisotopic (exact) mass is 292 g/mol. The third-order valence-electron chi connectivity index (χ3n) is 3.05. The third kappa shape index (κ3) is 7.34. The number of aliphatic carboxylic acids is 1. The first-order valence-electron chi connectivity index (χ1n) is 7.09. The average molecular weight is 292 g/mol. The number of carbonyl (C=O) groups excluding carboxylic acids is 1. The van der Waals surface area contributed by atoms with Gasteiger partial charge < -0.3 is 15.7 Å². The van der Waals surface area contributed by atoms with E-state index < -0.39 is 18.0 Å². The highest BCUT2D eigenvalue weighted by atomic mass is 16.4. The predicted molar refractivity (Wildman–Crippen MR) is 82.2 cm³/mol. The molecule has 5 nitrogen and oxygen atoms in total. The van der Waals surface area contributed by atoms with Gasteiger partial charge in [0.2, 0.25) is 0 Å². The molecule has 1 aromatic rings. The number of nitrogens with one attached hydrogen (secondary N) is 2. The van der Waals surface area contributed by atoms with Crippen LogP contribution in [0.3, 0.4) is 0 Å². The number of urea groups is 1. The summed E-state index contributed by atoms with van der Waals surface area (Å²) in [6.45, 7) is 6.78. The van der Waals surface area contributed by atoms with E-state index in [4.69, 9.17) is 0 Å². The SMILES string of the molecule is CC(C)(C)CCNC(=O)N[C@@H](Cc1ccccc1)C(=O)O. The zero-order chi connectivity index (χ0) is 15.9. The van der Waals surface area contributed by atoms with Crippen molar-refractivity contribution in [2.75, 3.05) is 6.54 Å². The van der Waals surface area contributed by atoms with Crippen LogP contribution >= 0.6 is 0 Å². The first kappa shape index (κ1) is 17.0. The summed E-state index contributed by atoms with van der Waals surface area (Å²) < 4.78 is 0. The minimum atomic E-state index is -1.04. The topological polar surface area (TPSA) is 78.4 Å². The van der Waals surface area contributed by atoms with E-state index >= 15 is 0 Å². The van der Waals surface area contributed by atoms with E-state index in [0.717, 1.165) is 12.0 Å². The molecule has 0 aliphatic heterocycles. The second-order valence-electron chi connectivity index (χ2n) is 6.29. The maximum absolute atomic E-state index is 11.7. The van der Waals surface area contributed by atoms with E-state index in [-0.39, 0.29) is 11.8 Å². The van der Waals surface area contributed by atoms with E-state index in [9.17, 15) is 14.7 Å². The van der Waals surface area contributed by atoms with Crippen molar-refractivity contribution in [3.63, 3.8) is 0 Å². The molecule has 0 unspecified atom stereocenters. The van der Waals surface area contributed by atoms with Crippen LogP contribution in [0.5, 0.6) is 0 Å². The summed E-state index contributed by atoms with van der Waals surface area (Å²) in [4.78, 5) is 23.0. The number of hydrogen-bond acceptors (Lipinski definition) is 2. The number of amides is 2. The van der Waals surface area contributed by atoms with Gasteiger partial charge in [-0.05, 0) is 17.4 Å². The molecule has 0 spiro atoms. The smallest absolute Gasteiger partial charge is 0.326 e. The average Bonchev–Trinajstić information content (AvgIpc) is 2.37. The lowest BCUT2D eigenvalue weighted by Gasteiger charge is -2.19. The summed E-state index contributed by atoms with van der Waals surface area (Å²) in [7, 11) is 0. The van der Waals surface area contributed by atoms with Crippen molar-refractivity contribution in [3.05, 3.63) is 35.9 Å². The van der Waals surface area contributed by atoms with Crippen LogP contribution in [-0.2, 0) is 11.2 Å². The quantitative estimate of drug-likeness (QED) is 0.753. The fraction of sp³-hybridized carbons (Fsp3) is 0.500. The first-order valence-corrected chi connectivity index (χ1v) is 7.09. The van der Waals surface area contributed by atoms with Crippen LogP contribution in [0.25, 0.3) is 0 Å². The van der Waals surface area contributed by atoms with Gasteiger partial charge in [0.15, 0.2) is 0 Å². The van der Waals surface area contributed by atoms with Gasteiger partial charge in [0.1, 0.15) is 6.04 Å². The standard InChI is InChI=1S/C16H24N2O3/c1-16(2,3)9-10-17-15(21)18-13(14(19)20)11-12-7-5-4-6-8-12/h4-8,13H,9-11H2,1-3H3,(H,19,20)(H2,17,18,21)/t13-/m0/s1. The minimum absolute atomic E-state index is 0.128. The van der Waals surface area contributed by atoms with E-state index in [1.54, 1.807) is 0 Å². The fourth-order valence-corrected chi connectivity index (χ4v) is 1.81. The molecule has 21 heavy (non-hydrogen) atoms. The van der Waals surface area contributed by atoms with Crippen LogP contribution in [0.2, 0.25) is 0 Å². The molecule has 0 bridgehead atoms. The predicted octanol–water partition coefficient (Wildman–Crippen LogP) is 2.42. The molecular weight excluding hydrogens is 268 g/mol. The molecule has 1 atom stereocenters. The van der Waals surface area contributed by atoms with Crippen LogP contribution in [-0.4, -0.2) is 29.7 Å². The third-order valence-corrected chi connectivity index (χ3v) is 3.05. The number of carboxylic acid groups (broad SMARTS) is 1. The highest BCUT2D eigenvalue weighted by molar-refractivity contribution is 5.82. The summed E-state index contributed by atoms with van der Waals surface area (Å²) >= 11 is 0. The Kier molecular flexibility index (Phi) is 6.21. The molecule has 0 aliphatic rings. The maximum Gasteiger partial charge on any atom is 0.326 e. The Balaban J connectivity index is 2.47. The molecule has 0 aromatic heterocycles. The second kappa shape index (κ2) is 7.67. The second-order valence-corrected chi connectivity index (χ2v) is 6.29. The summed E-state index contributed by atoms with van der Waals surface area (Å²) in [5, 5.41) is 14.4. The Morgan fingerprint density at radius 3 is 2.33 bits per heavy atom. The van der Waals surface area contributed by atoms with Crippen molar-refractivity contribution in [3.8, 4) is 0 Å². The molecule has 1 rings (SSSR count). The summed E-state index contributed by atoms with van der Waals surface area (Å²) in [5.74, 6) is -1.04. The van der Waals surface area contributed by atoms with Gasteiger partial charge in [-0.2, -0.15) is 0 Å². The van der Waals surface area contributed by atoms with Crippen LogP contribution in [0.15, 0.2) is 30.3 Å². The summed E-state index contributed by atoms with van der Waals surface area (Å²) in [6.07, 6.45) is 1.10. The Bertz CT molecular complexity index is 466. The van der Waals surface area contributed by atoms with Gasteiger partial charge in [0.25, 0.3) is 0 Å². The van der Waals surface area contributed by atoms with Crippen LogP contribution in [0, 0.1) is 5.41 Å². The largest absolute Gasteiger partial charge is 0.480 e. The Morgan fingerprint density at radius 1 is 1.19 bits per heavy atom. The molecule has 0 aliphatic carbocycles. The number of hydrogen-bond donors (Lipinski definition) is 3. The van der Waals surface area contributed by atoms with Gasteiger partial charge in [-0.1, -0.05) is 51.1 Å². The minimum Gasteiger partial charge on any atom is -0.480 e. The van der Waals surface area contributed by atoms with Gasteiger partial charge in [-0.3, -0.25) is 0 Å². The van der Waals surface area contributed by atoms with Crippen molar-refractivity contribution in [1.82, 2.24) is 10.6 Å². The molecule has 0 radical (unpaired) electrons. The molecule has 3 N–H and O–H groups in total. The molecule has 1 aromatic carbocycles. The highest BCUT2D eigenvalue weighted by Gasteiger charge is 2.20. The van der Waals surface area contributed by atoms with Crippen molar-refractivity contribution in [1.29, 1.82) is 0 Å². The van der Waals surface area contributed by atoms with E-state index in [1.807, 2.05) is 30.3 Å². The molecule has 0 saturated carbocycles. The van der Waals surface area contributed by atoms with E-state index in [0.29, 0.717) is 6.54 Å². The lowest BCUT2D eigenvalue weighted by Crippen LogP contribution is -2.47. The molecule has 0 saturated heterocycles. The molecule has 0 heterocycles. The Labute approximate surface area is 125 Å². The van der Waals surface area contributed by atoms with Crippen LogP contribution in [0.4, 0.5) is 4.79 Å². The molecule has 0 fully saturated rings. The van der Waals surface area contributed by atoms with Gasteiger partial charge in [-0.25, -0.2) is 9.59 Å². The molecule has 116 valence electrons. The maximum atomic E-state index is 11.7.